The number of aliphatic hydroxyl groups is 1. The number of nitrogens with zero attached hydrogens (tertiary/aromatic N) is 5. The van der Waals surface area contributed by atoms with E-state index in [9.17, 15) is 5.11 Å². The fourth-order valence-electron chi connectivity index (χ4n) is 3.07. The Hall–Kier alpha value is -1.96. The molecule has 2 aromatic rings. The van der Waals surface area contributed by atoms with Crippen LogP contribution in [0.4, 0.5) is 5.69 Å². The molecule has 1 saturated heterocycles. The molecule has 24 heavy (non-hydrogen) atoms. The lowest BCUT2D eigenvalue weighted by Crippen LogP contribution is -2.33. The highest BCUT2D eigenvalue weighted by Gasteiger charge is 2.22. The minimum absolute atomic E-state index is 0.386. The number of methoxy groups -OCH3 is 1. The topological polar surface area (TPSA) is 66.7 Å². The third kappa shape index (κ3) is 4.31. The van der Waals surface area contributed by atoms with E-state index >= 15 is 0 Å². The van der Waals surface area contributed by atoms with E-state index in [4.69, 9.17) is 4.74 Å². The van der Waals surface area contributed by atoms with Crippen LogP contribution in [0.25, 0.3) is 0 Å². The predicted molar refractivity (Wildman–Crippen MR) is 91.8 cm³/mol. The summed E-state index contributed by atoms with van der Waals surface area (Å²) >= 11 is 0. The average molecular weight is 331 g/mol. The lowest BCUT2D eigenvalue weighted by atomic mass is 10.3. The maximum absolute atomic E-state index is 10.4. The number of rotatable bonds is 6. The summed E-state index contributed by atoms with van der Waals surface area (Å²) in [6, 6.07) is 3.97. The van der Waals surface area contributed by atoms with E-state index in [0.29, 0.717) is 19.7 Å². The molecule has 130 valence electrons. The highest BCUT2D eigenvalue weighted by molar-refractivity contribution is 5.44. The molecule has 1 fully saturated rings. The molecule has 7 nitrogen and oxygen atoms in total. The van der Waals surface area contributed by atoms with Gasteiger partial charge in [0.2, 0.25) is 0 Å². The molecule has 0 unspecified atom stereocenters. The van der Waals surface area contributed by atoms with Crippen LogP contribution in [-0.4, -0.2) is 70.5 Å². The lowest BCUT2D eigenvalue weighted by molar-refractivity contribution is 0.126. The minimum Gasteiger partial charge on any atom is -0.390 e. The summed E-state index contributed by atoms with van der Waals surface area (Å²) in [5.41, 5.74) is 1.10. The van der Waals surface area contributed by atoms with Crippen LogP contribution < -0.4 is 4.90 Å². The summed E-state index contributed by atoms with van der Waals surface area (Å²) in [4.78, 5) is 13.0. The Morgan fingerprint density at radius 2 is 2.04 bits per heavy atom. The number of ether oxygens (including phenoxy) is 1. The molecule has 2 aromatic heterocycles. The summed E-state index contributed by atoms with van der Waals surface area (Å²) in [5.74, 6) is 1.01. The number of imidazole rings is 1. The van der Waals surface area contributed by atoms with Gasteiger partial charge in [-0.25, -0.2) is 4.98 Å². The summed E-state index contributed by atoms with van der Waals surface area (Å²) in [6.07, 6.45) is 6.99. The van der Waals surface area contributed by atoms with Crippen LogP contribution in [0.2, 0.25) is 0 Å². The van der Waals surface area contributed by atoms with Crippen LogP contribution in [0.3, 0.4) is 0 Å². The Morgan fingerprint density at radius 1 is 1.21 bits per heavy atom. The van der Waals surface area contributed by atoms with Crippen LogP contribution in [-0.2, 0) is 17.8 Å². The fraction of sp³-hybridized carbons (Fsp3) is 0.529. The molecule has 3 rings (SSSR count). The normalized spacial score (nSPS) is 19.4. The highest BCUT2D eigenvalue weighted by atomic mass is 16.5. The van der Waals surface area contributed by atoms with Gasteiger partial charge in [-0.15, -0.1) is 0 Å². The molecule has 7 heteroatoms. The van der Waals surface area contributed by atoms with Crippen molar-refractivity contribution in [3.05, 3.63) is 42.7 Å². The zero-order valence-corrected chi connectivity index (χ0v) is 14.1. The molecular formula is C17H25N5O2. The van der Waals surface area contributed by atoms with Gasteiger partial charge in [0.1, 0.15) is 5.82 Å². The van der Waals surface area contributed by atoms with Gasteiger partial charge >= 0.3 is 0 Å². The Bertz CT molecular complexity index is 618. The first-order chi connectivity index (χ1) is 11.8. The Morgan fingerprint density at radius 3 is 2.83 bits per heavy atom. The summed E-state index contributed by atoms with van der Waals surface area (Å²) in [5, 5.41) is 10.4. The van der Waals surface area contributed by atoms with Crippen molar-refractivity contribution in [3.8, 4) is 0 Å². The minimum atomic E-state index is -0.386. The number of aliphatic hydroxyl groups excluding tert-OH is 1. The number of hydrogen-bond acceptors (Lipinski definition) is 6. The van der Waals surface area contributed by atoms with Crippen LogP contribution in [0.15, 0.2) is 36.9 Å². The van der Waals surface area contributed by atoms with Crippen LogP contribution in [0.1, 0.15) is 5.82 Å². The molecule has 1 aliphatic heterocycles. The number of anilines is 1. The van der Waals surface area contributed by atoms with Gasteiger partial charge in [0.15, 0.2) is 0 Å². The zero-order valence-electron chi connectivity index (χ0n) is 14.1. The van der Waals surface area contributed by atoms with Crippen molar-refractivity contribution in [2.75, 3.05) is 44.8 Å². The molecular weight excluding hydrogens is 306 g/mol. The number of hydrogen-bond donors (Lipinski definition) is 1. The molecule has 1 aliphatic rings. The number of β-amino-alcohol motifs (C(OH)–C–C–N with tert-alkyl or cyclic N) is 1. The van der Waals surface area contributed by atoms with Crippen LogP contribution in [0.5, 0.6) is 0 Å². The van der Waals surface area contributed by atoms with Gasteiger partial charge in [0.25, 0.3) is 0 Å². The summed E-state index contributed by atoms with van der Waals surface area (Å²) < 4.78 is 7.26. The largest absolute Gasteiger partial charge is 0.390 e. The first kappa shape index (κ1) is 16.9. The van der Waals surface area contributed by atoms with Gasteiger partial charge < -0.3 is 19.3 Å². The van der Waals surface area contributed by atoms with Gasteiger partial charge in [-0.1, -0.05) is 0 Å². The predicted octanol–water partition coefficient (Wildman–Crippen LogP) is 0.608. The van der Waals surface area contributed by atoms with E-state index in [-0.39, 0.29) is 6.10 Å². The quantitative estimate of drug-likeness (QED) is 0.836. The zero-order chi connectivity index (χ0) is 16.8. The summed E-state index contributed by atoms with van der Waals surface area (Å²) in [7, 11) is 1.70. The number of pyridine rings is 1. The van der Waals surface area contributed by atoms with Crippen molar-refractivity contribution in [2.45, 2.75) is 19.2 Å². The molecule has 0 aromatic carbocycles. The van der Waals surface area contributed by atoms with Crippen molar-refractivity contribution in [1.82, 2.24) is 19.4 Å². The number of aromatic nitrogens is 3. The Balaban J connectivity index is 1.63. The third-order valence-corrected chi connectivity index (χ3v) is 4.32. The summed E-state index contributed by atoms with van der Waals surface area (Å²) in [6.45, 7) is 5.25. The first-order valence-electron chi connectivity index (χ1n) is 8.30. The van der Waals surface area contributed by atoms with E-state index in [0.717, 1.165) is 37.7 Å². The molecule has 1 N–H and O–H groups in total. The van der Waals surface area contributed by atoms with Gasteiger partial charge in [0.05, 0.1) is 19.3 Å². The molecule has 0 saturated carbocycles. The first-order valence-corrected chi connectivity index (χ1v) is 8.30. The molecule has 0 bridgehead atoms. The molecule has 0 aliphatic carbocycles. The van der Waals surface area contributed by atoms with Crippen LogP contribution >= 0.6 is 0 Å². The van der Waals surface area contributed by atoms with E-state index in [2.05, 4.69) is 24.3 Å². The van der Waals surface area contributed by atoms with Crippen LogP contribution in [0, 0.1) is 0 Å². The smallest absolute Gasteiger partial charge is 0.122 e. The third-order valence-electron chi connectivity index (χ3n) is 4.32. The fourth-order valence-corrected chi connectivity index (χ4v) is 3.07. The van der Waals surface area contributed by atoms with Crippen molar-refractivity contribution >= 4 is 5.69 Å². The lowest BCUT2D eigenvalue weighted by Gasteiger charge is -2.23. The average Bonchev–Trinajstić information content (AvgIpc) is 2.95. The highest BCUT2D eigenvalue weighted by Crippen LogP contribution is 2.16. The SMILES string of the molecule is COCCn1ccnc1CN1CCN(c2ccncc2)C[C@H](O)C1. The second-order valence-corrected chi connectivity index (χ2v) is 6.07. The maximum atomic E-state index is 10.4. The van der Waals surface area contributed by atoms with Crippen molar-refractivity contribution in [1.29, 1.82) is 0 Å². The molecule has 0 radical (unpaired) electrons. The van der Waals surface area contributed by atoms with Crippen molar-refractivity contribution in [3.63, 3.8) is 0 Å². The Kier molecular flexibility index (Phi) is 5.79. The maximum Gasteiger partial charge on any atom is 0.122 e. The van der Waals surface area contributed by atoms with E-state index < -0.39 is 0 Å². The molecule has 0 amide bonds. The monoisotopic (exact) mass is 331 g/mol. The second kappa shape index (κ2) is 8.23. The Labute approximate surface area is 142 Å². The van der Waals surface area contributed by atoms with Crippen molar-refractivity contribution < 1.29 is 9.84 Å². The van der Waals surface area contributed by atoms with E-state index in [1.165, 1.54) is 0 Å². The second-order valence-electron chi connectivity index (χ2n) is 6.07. The van der Waals surface area contributed by atoms with Gasteiger partial charge in [0, 0.05) is 70.3 Å². The molecule has 0 spiro atoms. The molecule has 1 atom stereocenters. The van der Waals surface area contributed by atoms with Gasteiger partial charge in [-0.3, -0.25) is 9.88 Å². The van der Waals surface area contributed by atoms with Gasteiger partial charge in [-0.05, 0) is 12.1 Å². The van der Waals surface area contributed by atoms with E-state index in [1.54, 1.807) is 19.5 Å². The van der Waals surface area contributed by atoms with Crippen molar-refractivity contribution in [2.24, 2.45) is 0 Å². The standard InChI is InChI=1S/C17H25N5O2/c1-24-11-10-21-7-6-19-17(21)14-20-8-9-22(13-16(23)12-20)15-2-4-18-5-3-15/h2-7,16,23H,8-14H2,1H3/t16-/m1/s1. The molecule has 3 heterocycles. The van der Waals surface area contributed by atoms with Gasteiger partial charge in [-0.2, -0.15) is 0 Å². The van der Waals surface area contributed by atoms with E-state index in [1.807, 2.05) is 24.5 Å².